The average Bonchev–Trinajstić information content (AvgIpc) is 3.72. The van der Waals surface area contributed by atoms with E-state index in [-0.39, 0.29) is 23.0 Å². The highest BCUT2D eigenvalue weighted by atomic mass is 16.8. The number of hydrogen-bond donors (Lipinski definition) is 10. The van der Waals surface area contributed by atoms with Crippen LogP contribution in [0.15, 0.2) is 0 Å². The molecule has 9 fully saturated rings. The summed E-state index contributed by atoms with van der Waals surface area (Å²) in [6.07, 6.45) is -14.2. The molecular formula is C45H74O18. The van der Waals surface area contributed by atoms with Crippen molar-refractivity contribution in [2.24, 2.45) is 52.3 Å². The molecule has 18 nitrogen and oxygen atoms in total. The zero-order valence-electron chi connectivity index (χ0n) is 37.0. The Hall–Kier alpha value is -0.720. The second-order valence-corrected chi connectivity index (χ2v) is 21.5. The van der Waals surface area contributed by atoms with Crippen molar-refractivity contribution >= 4 is 0 Å². The molecule has 27 atom stereocenters. The molecular weight excluding hydrogens is 828 g/mol. The monoisotopic (exact) mass is 902 g/mol. The molecule has 9 rings (SSSR count). The van der Waals surface area contributed by atoms with Crippen LogP contribution in [0.4, 0.5) is 0 Å². The average molecular weight is 903 g/mol. The van der Waals surface area contributed by atoms with E-state index in [0.29, 0.717) is 41.4 Å². The molecule has 0 radical (unpaired) electrons. The highest BCUT2D eigenvalue weighted by Gasteiger charge is 2.69. The summed E-state index contributed by atoms with van der Waals surface area (Å²) in [6, 6.07) is 0. The summed E-state index contributed by atoms with van der Waals surface area (Å²) >= 11 is 0. The summed E-state index contributed by atoms with van der Waals surface area (Å²) in [7, 11) is 0. The first kappa shape index (κ1) is 47.4. The first-order chi connectivity index (χ1) is 30.0. The van der Waals surface area contributed by atoms with Gasteiger partial charge in [0.1, 0.15) is 73.2 Å². The van der Waals surface area contributed by atoms with E-state index in [0.717, 1.165) is 58.0 Å². The number of aliphatic hydroxyl groups is 10. The van der Waals surface area contributed by atoms with Gasteiger partial charge in [-0.15, -0.1) is 0 Å². The van der Waals surface area contributed by atoms with Crippen LogP contribution in [0.5, 0.6) is 0 Å². The van der Waals surface area contributed by atoms with Crippen molar-refractivity contribution in [2.45, 2.75) is 202 Å². The van der Waals surface area contributed by atoms with Crippen molar-refractivity contribution in [3.05, 3.63) is 0 Å². The maximum atomic E-state index is 11.5. The first-order valence-corrected chi connectivity index (χ1v) is 23.8. The number of rotatable bonds is 9. The third-order valence-electron chi connectivity index (χ3n) is 18.3. The van der Waals surface area contributed by atoms with Crippen LogP contribution in [0, 0.1) is 52.3 Å². The SMILES string of the molecule is C[C@H]1CC[C@@]2(OC1)OC1C[C@H]3[C@@H]4CC[C@H]5C[C@@H](O[C@@H]6O[C@H](CO)[C@H](O[C@@H]7O[C@H](CO)[C@@H](O)[C@H](O)[C@H]7O[C@@H]7O[C@H](CO)[C@@H](O)[C@H](O)[C@H]7O)[C@H](O)[C@H]6O)CC[C@]5(C)C4CC[C@]3(C)C1[C@@H]2C. The van der Waals surface area contributed by atoms with Crippen LogP contribution in [0.25, 0.3) is 0 Å². The van der Waals surface area contributed by atoms with E-state index >= 15 is 0 Å². The lowest BCUT2D eigenvalue weighted by atomic mass is 9.44. The van der Waals surface area contributed by atoms with E-state index in [2.05, 4.69) is 27.7 Å². The molecule has 9 aliphatic rings. The minimum Gasteiger partial charge on any atom is -0.394 e. The quantitative estimate of drug-likeness (QED) is 0.128. The molecule has 362 valence electrons. The van der Waals surface area contributed by atoms with Gasteiger partial charge >= 0.3 is 0 Å². The van der Waals surface area contributed by atoms with Crippen LogP contribution in [-0.2, 0) is 37.9 Å². The fourth-order valence-electron chi connectivity index (χ4n) is 14.7. The van der Waals surface area contributed by atoms with Gasteiger partial charge in [-0.1, -0.05) is 27.7 Å². The van der Waals surface area contributed by atoms with Crippen molar-refractivity contribution in [3.8, 4) is 0 Å². The number of aliphatic hydroxyl groups excluding tert-OH is 10. The van der Waals surface area contributed by atoms with Gasteiger partial charge in [-0.2, -0.15) is 0 Å². The van der Waals surface area contributed by atoms with Crippen LogP contribution in [0.3, 0.4) is 0 Å². The van der Waals surface area contributed by atoms with Gasteiger partial charge < -0.3 is 89.0 Å². The number of fused-ring (bicyclic) bond motifs is 7. The Morgan fingerprint density at radius 2 is 1.16 bits per heavy atom. The lowest BCUT2D eigenvalue weighted by Crippen LogP contribution is -2.67. The van der Waals surface area contributed by atoms with E-state index < -0.39 is 118 Å². The summed E-state index contributed by atoms with van der Waals surface area (Å²) in [4.78, 5) is 0. The summed E-state index contributed by atoms with van der Waals surface area (Å²) in [5.74, 6) is 3.29. The smallest absolute Gasteiger partial charge is 0.187 e. The Kier molecular flexibility index (Phi) is 13.5. The first-order valence-electron chi connectivity index (χ1n) is 23.8. The lowest BCUT2D eigenvalue weighted by Gasteiger charge is -2.61. The summed E-state index contributed by atoms with van der Waals surface area (Å²) in [5, 5.41) is 106. The van der Waals surface area contributed by atoms with E-state index in [9.17, 15) is 51.1 Å². The van der Waals surface area contributed by atoms with E-state index in [4.69, 9.17) is 37.9 Å². The second kappa shape index (κ2) is 18.0. The van der Waals surface area contributed by atoms with Gasteiger partial charge in [0.05, 0.1) is 38.6 Å². The Morgan fingerprint density at radius 3 is 1.84 bits per heavy atom. The van der Waals surface area contributed by atoms with Gasteiger partial charge in [-0.05, 0) is 104 Å². The Bertz CT molecular complexity index is 1570. The zero-order valence-corrected chi connectivity index (χ0v) is 37.0. The van der Waals surface area contributed by atoms with Crippen molar-refractivity contribution in [3.63, 3.8) is 0 Å². The van der Waals surface area contributed by atoms with Crippen LogP contribution in [0.1, 0.15) is 91.9 Å². The summed E-state index contributed by atoms with van der Waals surface area (Å²) in [6.45, 7) is 8.23. The van der Waals surface area contributed by atoms with Crippen molar-refractivity contribution in [1.29, 1.82) is 0 Å². The minimum atomic E-state index is -1.89. The molecule has 3 unspecified atom stereocenters. The zero-order chi connectivity index (χ0) is 44.9. The molecule has 5 heterocycles. The molecule has 0 bridgehead atoms. The summed E-state index contributed by atoms with van der Waals surface area (Å²) < 4.78 is 49.0. The normalized spacial score (nSPS) is 58.2. The van der Waals surface area contributed by atoms with E-state index in [1.165, 1.54) is 12.8 Å². The molecule has 10 N–H and O–H groups in total. The van der Waals surface area contributed by atoms with Crippen molar-refractivity contribution in [2.75, 3.05) is 26.4 Å². The van der Waals surface area contributed by atoms with Gasteiger partial charge in [-0.25, -0.2) is 0 Å². The maximum absolute atomic E-state index is 11.5. The molecule has 5 saturated heterocycles. The third kappa shape index (κ3) is 7.88. The molecule has 4 saturated carbocycles. The fraction of sp³-hybridized carbons (Fsp3) is 1.00. The standard InChI is InChI=1S/C45H74O18/c1-19-7-12-45(56-18-19)20(2)30-26(63-45)14-25-23-6-5-21-13-22(8-10-43(21,3)24(23)9-11-44(25,30)4)57-40-37(55)35(53)38(29(17-48)60-40)61-42-39(34(52)32(50)28(16-47)59-42)62-41-36(54)33(51)31(49)27(15-46)58-41/h19-42,46-55H,5-18H2,1-4H3/t19-,20-,21-,22-,23+,24?,25-,26?,27+,28+,29+,30?,31+,32+,33-,34-,35+,36+,37+,38-,39+,40+,41-,42-,43-,44-,45+/m0/s1. The second-order valence-electron chi connectivity index (χ2n) is 21.5. The molecule has 0 aromatic carbocycles. The lowest BCUT2D eigenvalue weighted by molar-refractivity contribution is -0.390. The van der Waals surface area contributed by atoms with Gasteiger partial charge in [0, 0.05) is 12.3 Å². The van der Waals surface area contributed by atoms with Crippen LogP contribution in [-0.4, -0.2) is 188 Å². The molecule has 18 heteroatoms. The van der Waals surface area contributed by atoms with Crippen LogP contribution in [0.2, 0.25) is 0 Å². The number of ether oxygens (including phenoxy) is 8. The van der Waals surface area contributed by atoms with E-state index in [1.807, 2.05) is 0 Å². The van der Waals surface area contributed by atoms with E-state index in [1.54, 1.807) is 0 Å². The topological polar surface area (TPSA) is 276 Å². The fourth-order valence-corrected chi connectivity index (χ4v) is 14.7. The minimum absolute atomic E-state index is 0.134. The van der Waals surface area contributed by atoms with Crippen molar-refractivity contribution in [1.82, 2.24) is 0 Å². The van der Waals surface area contributed by atoms with Gasteiger partial charge in [0.25, 0.3) is 0 Å². The molecule has 0 amide bonds. The Morgan fingerprint density at radius 1 is 0.556 bits per heavy atom. The largest absolute Gasteiger partial charge is 0.394 e. The van der Waals surface area contributed by atoms with Crippen LogP contribution >= 0.6 is 0 Å². The van der Waals surface area contributed by atoms with Gasteiger partial charge in [-0.3, -0.25) is 0 Å². The molecule has 63 heavy (non-hydrogen) atoms. The van der Waals surface area contributed by atoms with Crippen molar-refractivity contribution < 1.29 is 89.0 Å². The number of hydrogen-bond acceptors (Lipinski definition) is 18. The predicted octanol–water partition coefficient (Wildman–Crippen LogP) is -0.734. The Labute approximate surface area is 369 Å². The Balaban J connectivity index is 0.833. The van der Waals surface area contributed by atoms with Crippen LogP contribution < -0.4 is 0 Å². The van der Waals surface area contributed by atoms with Gasteiger partial charge in [0.15, 0.2) is 24.7 Å². The maximum Gasteiger partial charge on any atom is 0.187 e. The third-order valence-corrected chi connectivity index (χ3v) is 18.3. The molecule has 1 spiro atoms. The molecule has 0 aromatic rings. The predicted molar refractivity (Wildman–Crippen MR) is 216 cm³/mol. The van der Waals surface area contributed by atoms with Gasteiger partial charge in [0.2, 0.25) is 0 Å². The molecule has 4 aliphatic carbocycles. The highest BCUT2D eigenvalue weighted by molar-refractivity contribution is 5.15. The summed E-state index contributed by atoms with van der Waals surface area (Å²) in [5.41, 5.74) is 0.364. The highest BCUT2D eigenvalue weighted by Crippen LogP contribution is 2.71. The molecule has 5 aliphatic heterocycles. The molecule has 0 aromatic heterocycles.